The van der Waals surface area contributed by atoms with Gasteiger partial charge >= 0.3 is 0 Å². The standard InChI is InChI=1S/C12H24N4O/c1-3-5-12(8-13,9-17)7-11-14-10-15-16(11)6-4-2/h10,17H,3-9,13H2,1-2H3. The molecule has 98 valence electrons. The molecule has 0 spiro atoms. The fourth-order valence-corrected chi connectivity index (χ4v) is 2.15. The van der Waals surface area contributed by atoms with Gasteiger partial charge in [-0.05, 0) is 12.8 Å². The third-order valence-corrected chi connectivity index (χ3v) is 3.21. The highest BCUT2D eigenvalue weighted by Gasteiger charge is 2.29. The van der Waals surface area contributed by atoms with Crippen LogP contribution in [0.1, 0.15) is 38.9 Å². The van der Waals surface area contributed by atoms with E-state index in [1.165, 1.54) is 0 Å². The molecule has 3 N–H and O–H groups in total. The van der Waals surface area contributed by atoms with Crippen LogP contribution in [-0.2, 0) is 13.0 Å². The molecule has 1 aromatic heterocycles. The molecule has 1 unspecified atom stereocenters. The van der Waals surface area contributed by atoms with E-state index < -0.39 is 0 Å². The maximum Gasteiger partial charge on any atom is 0.138 e. The lowest BCUT2D eigenvalue weighted by atomic mass is 9.80. The van der Waals surface area contributed by atoms with Crippen molar-refractivity contribution in [1.82, 2.24) is 14.8 Å². The summed E-state index contributed by atoms with van der Waals surface area (Å²) in [6.45, 7) is 5.68. The quantitative estimate of drug-likeness (QED) is 0.710. The van der Waals surface area contributed by atoms with E-state index in [-0.39, 0.29) is 12.0 Å². The number of aromatic nitrogens is 3. The van der Waals surface area contributed by atoms with E-state index in [1.807, 2.05) is 4.68 Å². The lowest BCUT2D eigenvalue weighted by Crippen LogP contribution is -2.37. The predicted molar refractivity (Wildman–Crippen MR) is 67.5 cm³/mol. The van der Waals surface area contributed by atoms with Crippen molar-refractivity contribution < 1.29 is 5.11 Å². The Morgan fingerprint density at radius 3 is 2.71 bits per heavy atom. The van der Waals surface area contributed by atoms with Crippen LogP contribution in [0.15, 0.2) is 6.33 Å². The molecule has 0 saturated heterocycles. The van der Waals surface area contributed by atoms with Crippen molar-refractivity contribution in [3.05, 3.63) is 12.2 Å². The van der Waals surface area contributed by atoms with Crippen molar-refractivity contribution in [1.29, 1.82) is 0 Å². The van der Waals surface area contributed by atoms with E-state index in [0.29, 0.717) is 13.0 Å². The van der Waals surface area contributed by atoms with Crippen molar-refractivity contribution in [2.75, 3.05) is 13.2 Å². The van der Waals surface area contributed by atoms with Crippen LogP contribution >= 0.6 is 0 Å². The topological polar surface area (TPSA) is 77.0 Å². The average Bonchev–Trinajstić information content (AvgIpc) is 2.76. The number of nitrogens with zero attached hydrogens (tertiary/aromatic N) is 3. The van der Waals surface area contributed by atoms with E-state index in [9.17, 15) is 5.11 Å². The zero-order chi connectivity index (χ0) is 12.7. The van der Waals surface area contributed by atoms with Crippen LogP contribution in [0.2, 0.25) is 0 Å². The summed E-state index contributed by atoms with van der Waals surface area (Å²) in [5.74, 6) is 0.930. The molecule has 0 aliphatic rings. The Balaban J connectivity index is 2.81. The van der Waals surface area contributed by atoms with Crippen molar-refractivity contribution >= 4 is 0 Å². The molecule has 0 amide bonds. The van der Waals surface area contributed by atoms with Crippen molar-refractivity contribution in [3.8, 4) is 0 Å². The van der Waals surface area contributed by atoms with Gasteiger partial charge in [-0.25, -0.2) is 4.98 Å². The molecule has 0 radical (unpaired) electrons. The molecule has 0 fully saturated rings. The van der Waals surface area contributed by atoms with Crippen molar-refractivity contribution in [3.63, 3.8) is 0 Å². The van der Waals surface area contributed by atoms with Crippen molar-refractivity contribution in [2.24, 2.45) is 11.1 Å². The molecule has 5 nitrogen and oxygen atoms in total. The minimum absolute atomic E-state index is 0.107. The van der Waals surface area contributed by atoms with Gasteiger partial charge in [0.1, 0.15) is 12.2 Å². The van der Waals surface area contributed by atoms with Gasteiger partial charge in [0.25, 0.3) is 0 Å². The smallest absolute Gasteiger partial charge is 0.138 e. The zero-order valence-electron chi connectivity index (χ0n) is 10.9. The van der Waals surface area contributed by atoms with Gasteiger partial charge in [0.2, 0.25) is 0 Å². The second-order valence-corrected chi connectivity index (χ2v) is 4.69. The van der Waals surface area contributed by atoms with E-state index in [1.54, 1.807) is 6.33 Å². The van der Waals surface area contributed by atoms with Crippen LogP contribution in [-0.4, -0.2) is 33.0 Å². The van der Waals surface area contributed by atoms with Gasteiger partial charge in [-0.15, -0.1) is 0 Å². The minimum Gasteiger partial charge on any atom is -0.396 e. The van der Waals surface area contributed by atoms with Crippen LogP contribution in [0.4, 0.5) is 0 Å². The molecule has 0 aliphatic carbocycles. The average molecular weight is 240 g/mol. The summed E-state index contributed by atoms with van der Waals surface area (Å²) in [7, 11) is 0. The third kappa shape index (κ3) is 3.51. The normalized spacial score (nSPS) is 14.8. The molecular weight excluding hydrogens is 216 g/mol. The number of aliphatic hydroxyl groups is 1. The summed E-state index contributed by atoms with van der Waals surface area (Å²) < 4.78 is 1.91. The Kier molecular flexibility index (Phi) is 5.58. The first-order valence-electron chi connectivity index (χ1n) is 6.39. The second kappa shape index (κ2) is 6.71. The van der Waals surface area contributed by atoms with Gasteiger partial charge in [0.15, 0.2) is 0 Å². The molecule has 1 aromatic rings. The zero-order valence-corrected chi connectivity index (χ0v) is 10.9. The number of aryl methyl sites for hydroxylation is 1. The van der Waals surface area contributed by atoms with Crippen LogP contribution < -0.4 is 5.73 Å². The van der Waals surface area contributed by atoms with Gasteiger partial charge in [0, 0.05) is 24.9 Å². The SMILES string of the molecule is CCCn1ncnc1CC(CN)(CO)CCC. The molecular formula is C12H24N4O. The van der Waals surface area contributed by atoms with Gasteiger partial charge < -0.3 is 10.8 Å². The molecule has 1 rings (SSSR count). The first kappa shape index (κ1) is 14.1. The maximum atomic E-state index is 9.59. The summed E-state index contributed by atoms with van der Waals surface area (Å²) in [5, 5.41) is 13.8. The minimum atomic E-state index is -0.243. The highest BCUT2D eigenvalue weighted by molar-refractivity contribution is 4.94. The van der Waals surface area contributed by atoms with Crippen LogP contribution in [0, 0.1) is 5.41 Å². The molecule has 0 aromatic carbocycles. The number of rotatable bonds is 8. The highest BCUT2D eigenvalue weighted by Crippen LogP contribution is 2.26. The molecule has 0 bridgehead atoms. The molecule has 0 aliphatic heterocycles. The van der Waals surface area contributed by atoms with Gasteiger partial charge in [-0.1, -0.05) is 20.3 Å². The van der Waals surface area contributed by atoms with Crippen LogP contribution in [0.3, 0.4) is 0 Å². The summed E-state index contributed by atoms with van der Waals surface area (Å²) in [6, 6.07) is 0. The molecule has 5 heteroatoms. The molecule has 0 saturated carbocycles. The molecule has 1 heterocycles. The largest absolute Gasteiger partial charge is 0.396 e. The summed E-state index contributed by atoms with van der Waals surface area (Å²) in [6.07, 6.45) is 5.24. The van der Waals surface area contributed by atoms with E-state index in [4.69, 9.17) is 5.73 Å². The Bertz CT molecular complexity index is 320. The monoisotopic (exact) mass is 240 g/mol. The van der Waals surface area contributed by atoms with Crippen LogP contribution in [0.5, 0.6) is 0 Å². The maximum absolute atomic E-state index is 9.59. The fraction of sp³-hybridized carbons (Fsp3) is 0.833. The fourth-order valence-electron chi connectivity index (χ4n) is 2.15. The Labute approximate surface area is 103 Å². The van der Waals surface area contributed by atoms with E-state index in [0.717, 1.165) is 31.6 Å². The Hall–Kier alpha value is -0.940. The van der Waals surface area contributed by atoms with Gasteiger partial charge in [-0.3, -0.25) is 4.68 Å². The van der Waals surface area contributed by atoms with Crippen molar-refractivity contribution in [2.45, 2.75) is 46.1 Å². The summed E-state index contributed by atoms with van der Waals surface area (Å²) >= 11 is 0. The first-order valence-corrected chi connectivity index (χ1v) is 6.39. The lowest BCUT2D eigenvalue weighted by molar-refractivity contribution is 0.117. The number of hydrogen-bond acceptors (Lipinski definition) is 4. The predicted octanol–water partition coefficient (Wildman–Crippen LogP) is 0.968. The molecule has 1 atom stereocenters. The Morgan fingerprint density at radius 2 is 2.18 bits per heavy atom. The number of hydrogen-bond donors (Lipinski definition) is 2. The van der Waals surface area contributed by atoms with E-state index in [2.05, 4.69) is 23.9 Å². The summed E-state index contributed by atoms with van der Waals surface area (Å²) in [5.41, 5.74) is 5.58. The first-order chi connectivity index (χ1) is 8.21. The number of nitrogens with two attached hydrogens (primary N) is 1. The van der Waals surface area contributed by atoms with Gasteiger partial charge in [0.05, 0.1) is 6.61 Å². The third-order valence-electron chi connectivity index (χ3n) is 3.21. The Morgan fingerprint density at radius 1 is 1.41 bits per heavy atom. The molecule has 17 heavy (non-hydrogen) atoms. The van der Waals surface area contributed by atoms with Gasteiger partial charge in [-0.2, -0.15) is 5.10 Å². The highest BCUT2D eigenvalue weighted by atomic mass is 16.3. The lowest BCUT2D eigenvalue weighted by Gasteiger charge is -2.29. The summed E-state index contributed by atoms with van der Waals surface area (Å²) in [4.78, 5) is 4.28. The van der Waals surface area contributed by atoms with E-state index >= 15 is 0 Å². The second-order valence-electron chi connectivity index (χ2n) is 4.69. The van der Waals surface area contributed by atoms with Crippen LogP contribution in [0.25, 0.3) is 0 Å². The number of aliphatic hydroxyl groups excluding tert-OH is 1.